The molecule has 6 rings (SSSR count). The molecule has 0 bridgehead atoms. The van der Waals surface area contributed by atoms with Gasteiger partial charge in [0.1, 0.15) is 9.79 Å². The number of anilines is 10. The van der Waals surface area contributed by atoms with Crippen molar-refractivity contribution in [3.05, 3.63) is 96.1 Å². The fourth-order valence-electron chi connectivity index (χ4n) is 6.50. The van der Waals surface area contributed by atoms with Gasteiger partial charge < -0.3 is 50.8 Å². The highest BCUT2D eigenvalue weighted by Gasteiger charge is 2.20. The number of ether oxygens (including phenoxy) is 4. The Labute approximate surface area is 437 Å². The molecule has 4 aromatic carbocycles. The van der Waals surface area contributed by atoms with Gasteiger partial charge in [-0.3, -0.25) is 18.2 Å². The molecular weight excluding hydrogens is 1080 g/mol. The number of rotatable bonds is 28. The van der Waals surface area contributed by atoms with Crippen LogP contribution in [0.2, 0.25) is 0 Å². The quantitative estimate of drug-likeness (QED) is 0.0173. The standard InChI is InChI=1S/C44H52N12O16S4/c1-27(25-71-21-19-69-3)45-39-51-41(47-31-11-15-35(16-12-31)73(57,58)59)55-43(53-39)49-33-9-7-29(37(23-33)75(63,64)65)5-6-30-8-10-34(24-38(30)76(66,67)68)50-44-54-40(46-28(2)26-72-22-20-70-4)52-42(56-44)48-32-13-17-36(18-14-32)74(60,61)62/h5-18,23-24,27-28H,19-22,25-26H2,1-4H3,(H,57,58,59)(H,60,61,62)(H,63,64,65)(H,66,67,68)(H3,45,47,49,51,53,55)(H3,46,48,50,52,54,56)/b6-5+. The Bertz CT molecular complexity index is 3240. The monoisotopic (exact) mass is 1130 g/mol. The van der Waals surface area contributed by atoms with Crippen LogP contribution in [0.4, 0.5) is 58.4 Å². The molecule has 2 aromatic heterocycles. The van der Waals surface area contributed by atoms with E-state index in [1.54, 1.807) is 13.8 Å². The van der Waals surface area contributed by atoms with Gasteiger partial charge in [0.25, 0.3) is 40.5 Å². The zero-order valence-electron chi connectivity index (χ0n) is 40.6. The molecule has 0 fully saturated rings. The van der Waals surface area contributed by atoms with Crippen LogP contribution in [0.15, 0.2) is 105 Å². The van der Waals surface area contributed by atoms with Gasteiger partial charge in [0, 0.05) is 49.1 Å². The van der Waals surface area contributed by atoms with E-state index in [0.717, 1.165) is 36.4 Å². The maximum Gasteiger partial charge on any atom is 0.295 e. The van der Waals surface area contributed by atoms with Crippen LogP contribution in [0, 0.1) is 0 Å². The molecule has 76 heavy (non-hydrogen) atoms. The van der Waals surface area contributed by atoms with Crippen molar-refractivity contribution in [1.82, 2.24) is 29.9 Å². The Kier molecular flexibility index (Phi) is 19.6. The first-order valence-electron chi connectivity index (χ1n) is 22.2. The van der Waals surface area contributed by atoms with Crippen molar-refractivity contribution in [2.75, 3.05) is 85.8 Å². The van der Waals surface area contributed by atoms with Crippen LogP contribution >= 0.6 is 0 Å². The van der Waals surface area contributed by atoms with Crippen molar-refractivity contribution < 1.29 is 70.8 Å². The molecule has 2 unspecified atom stereocenters. The fraction of sp³-hybridized carbons (Fsp3) is 0.273. The van der Waals surface area contributed by atoms with Crippen LogP contribution in [0.1, 0.15) is 25.0 Å². The molecule has 0 radical (unpaired) electrons. The first kappa shape index (κ1) is 58.2. The Balaban J connectivity index is 1.27. The summed E-state index contributed by atoms with van der Waals surface area (Å²) in [5.41, 5.74) is 0.471. The van der Waals surface area contributed by atoms with Gasteiger partial charge in [0.15, 0.2) is 0 Å². The third-order valence-electron chi connectivity index (χ3n) is 9.98. The lowest BCUT2D eigenvalue weighted by molar-refractivity contribution is 0.0676. The van der Waals surface area contributed by atoms with Crippen molar-refractivity contribution in [2.45, 2.75) is 45.5 Å². The fourth-order valence-corrected chi connectivity index (χ4v) is 8.88. The zero-order chi connectivity index (χ0) is 55.3. The predicted octanol–water partition coefficient (Wildman–Crippen LogP) is 5.12. The SMILES string of the molecule is COCCOCC(C)Nc1nc(Nc2ccc(S(=O)(=O)O)cc2)nc(Nc2ccc(/C=C/c3ccc(Nc4nc(Nc5ccc(S(=O)(=O)O)cc5)nc(NC(C)COCCOC)n4)cc3S(=O)(=O)O)c(S(=O)(=O)O)c2)n1. The number of aromatic nitrogens is 6. The third-order valence-corrected chi connectivity index (χ3v) is 13.5. The highest BCUT2D eigenvalue weighted by Crippen LogP contribution is 2.29. The van der Waals surface area contributed by atoms with Crippen molar-refractivity contribution >= 4 is 111 Å². The minimum absolute atomic E-state index is 0.0223. The summed E-state index contributed by atoms with van der Waals surface area (Å²) in [4.78, 5) is 24.2. The smallest absolute Gasteiger partial charge is 0.295 e. The second-order valence-electron chi connectivity index (χ2n) is 16.1. The zero-order valence-corrected chi connectivity index (χ0v) is 43.9. The van der Waals surface area contributed by atoms with Gasteiger partial charge in [-0.2, -0.15) is 63.6 Å². The van der Waals surface area contributed by atoms with Gasteiger partial charge in [-0.1, -0.05) is 24.3 Å². The van der Waals surface area contributed by atoms with Crippen LogP contribution in [-0.2, 0) is 59.4 Å². The molecule has 408 valence electrons. The number of hydrogen-bond donors (Lipinski definition) is 10. The van der Waals surface area contributed by atoms with Gasteiger partial charge in [-0.05, 0) is 97.8 Å². The summed E-state index contributed by atoms with van der Waals surface area (Å²) in [6, 6.07) is 16.8. The molecule has 0 saturated heterocycles. The van der Waals surface area contributed by atoms with E-state index < -0.39 is 50.3 Å². The number of nitrogens with zero attached hydrogens (tertiary/aromatic N) is 6. The molecule has 0 spiro atoms. The summed E-state index contributed by atoms with van der Waals surface area (Å²) in [5.74, 6) is -0.363. The second kappa shape index (κ2) is 25.6. The van der Waals surface area contributed by atoms with Crippen molar-refractivity contribution in [2.24, 2.45) is 0 Å². The van der Waals surface area contributed by atoms with Crippen molar-refractivity contribution in [3.8, 4) is 0 Å². The lowest BCUT2D eigenvalue weighted by Crippen LogP contribution is -2.24. The van der Waals surface area contributed by atoms with Gasteiger partial charge in [-0.15, -0.1) is 0 Å². The van der Waals surface area contributed by atoms with Gasteiger partial charge >= 0.3 is 0 Å². The molecule has 10 N–H and O–H groups in total. The summed E-state index contributed by atoms with van der Waals surface area (Å²) in [5, 5.41) is 17.7. The van der Waals surface area contributed by atoms with Crippen LogP contribution in [-0.4, -0.2) is 148 Å². The molecule has 2 heterocycles. The Hall–Kier alpha value is -7.08. The first-order chi connectivity index (χ1) is 35.9. The summed E-state index contributed by atoms with van der Waals surface area (Å²) in [7, 11) is -15.9. The molecule has 0 amide bonds. The maximum atomic E-state index is 12.8. The average Bonchev–Trinajstić information content (AvgIpc) is 3.33. The number of methoxy groups -OCH3 is 2. The van der Waals surface area contributed by atoms with Gasteiger partial charge in [-0.25, -0.2) is 0 Å². The molecular formula is C44H52N12O16S4. The highest BCUT2D eigenvalue weighted by molar-refractivity contribution is 7.86. The highest BCUT2D eigenvalue weighted by atomic mass is 32.2. The van der Waals surface area contributed by atoms with Crippen LogP contribution in [0.5, 0.6) is 0 Å². The minimum Gasteiger partial charge on any atom is -0.382 e. The van der Waals surface area contributed by atoms with Crippen molar-refractivity contribution in [1.29, 1.82) is 0 Å². The number of benzene rings is 4. The summed E-state index contributed by atoms with van der Waals surface area (Å²) < 4.78 is 158. The van der Waals surface area contributed by atoms with E-state index in [9.17, 15) is 51.9 Å². The molecule has 0 aliphatic rings. The normalized spacial score (nSPS) is 13.0. The Morgan fingerprint density at radius 2 is 0.737 bits per heavy atom. The van der Waals surface area contributed by atoms with E-state index in [2.05, 4.69) is 61.8 Å². The molecule has 0 aliphatic heterocycles. The van der Waals surface area contributed by atoms with Crippen LogP contribution < -0.4 is 31.9 Å². The number of hydrogen-bond acceptors (Lipinski definition) is 24. The number of nitrogens with one attached hydrogen (secondary N) is 6. The van der Waals surface area contributed by atoms with Crippen LogP contribution in [0.25, 0.3) is 12.2 Å². The summed E-state index contributed by atoms with van der Waals surface area (Å²) in [6.07, 6.45) is 2.37. The summed E-state index contributed by atoms with van der Waals surface area (Å²) >= 11 is 0. The van der Waals surface area contributed by atoms with Crippen molar-refractivity contribution in [3.63, 3.8) is 0 Å². The lowest BCUT2D eigenvalue weighted by atomic mass is 10.1. The predicted molar refractivity (Wildman–Crippen MR) is 278 cm³/mol. The van der Waals surface area contributed by atoms with Crippen LogP contribution in [0.3, 0.4) is 0 Å². The molecule has 0 aliphatic carbocycles. The van der Waals surface area contributed by atoms with E-state index in [4.69, 9.17) is 18.9 Å². The van der Waals surface area contributed by atoms with E-state index in [1.165, 1.54) is 74.9 Å². The molecule has 0 saturated carbocycles. The Morgan fingerprint density at radius 3 is 1.04 bits per heavy atom. The second-order valence-corrected chi connectivity index (χ2v) is 21.7. The molecule has 2 atom stereocenters. The van der Waals surface area contributed by atoms with Gasteiger partial charge in [0.2, 0.25) is 35.7 Å². The first-order valence-corrected chi connectivity index (χ1v) is 28.0. The Morgan fingerprint density at radius 1 is 0.434 bits per heavy atom. The maximum absolute atomic E-state index is 12.8. The molecule has 6 aromatic rings. The molecule has 32 heteroatoms. The topological polar surface area (TPSA) is 404 Å². The largest absolute Gasteiger partial charge is 0.382 e. The summed E-state index contributed by atoms with van der Waals surface area (Å²) in [6.45, 7) is 5.35. The van der Waals surface area contributed by atoms with Gasteiger partial charge in [0.05, 0.1) is 49.4 Å². The van der Waals surface area contributed by atoms with E-state index in [0.29, 0.717) is 37.8 Å². The third kappa shape index (κ3) is 17.8. The van der Waals surface area contributed by atoms with E-state index in [1.807, 2.05) is 0 Å². The lowest BCUT2D eigenvalue weighted by Gasteiger charge is -2.16. The minimum atomic E-state index is -4.99. The van der Waals surface area contributed by atoms with E-state index in [-0.39, 0.29) is 93.3 Å². The van der Waals surface area contributed by atoms with E-state index >= 15 is 0 Å². The average molecular weight is 1130 g/mol. The molecule has 28 nitrogen and oxygen atoms in total.